The van der Waals surface area contributed by atoms with Gasteiger partial charge in [0.05, 0.1) is 27.6 Å². The molecular weight excluding hydrogens is 333 g/mol. The Morgan fingerprint density at radius 2 is 1.96 bits per heavy atom. The number of imidazole rings is 1. The molecule has 6 nitrogen and oxygen atoms in total. The summed E-state index contributed by atoms with van der Waals surface area (Å²) in [5, 5.41) is 0.191. The minimum atomic E-state index is -0.484. The third-order valence-electron chi connectivity index (χ3n) is 4.31. The first-order valence-electron chi connectivity index (χ1n) is 8.18. The maximum absolute atomic E-state index is 14.2. The molecule has 4 aromatic rings. The molecule has 0 bridgehead atoms. The van der Waals surface area contributed by atoms with Crippen LogP contribution in [0, 0.1) is 5.82 Å². The van der Waals surface area contributed by atoms with Crippen molar-refractivity contribution in [3.05, 3.63) is 58.1 Å². The molecule has 26 heavy (non-hydrogen) atoms. The van der Waals surface area contributed by atoms with Crippen molar-refractivity contribution in [1.29, 1.82) is 0 Å². The van der Waals surface area contributed by atoms with Crippen LogP contribution in [0.2, 0.25) is 0 Å². The summed E-state index contributed by atoms with van der Waals surface area (Å²) >= 11 is 0. The molecule has 0 fully saturated rings. The van der Waals surface area contributed by atoms with Gasteiger partial charge in [0.25, 0.3) is 5.56 Å². The first-order chi connectivity index (χ1) is 12.4. The van der Waals surface area contributed by atoms with E-state index in [4.69, 9.17) is 5.73 Å². The lowest BCUT2D eigenvalue weighted by atomic mass is 10.1. The molecule has 0 spiro atoms. The number of halogens is 1. The second kappa shape index (κ2) is 5.96. The number of hydrogen-bond acceptors (Lipinski definition) is 4. The van der Waals surface area contributed by atoms with E-state index in [0.717, 1.165) is 23.1 Å². The van der Waals surface area contributed by atoms with E-state index in [0.29, 0.717) is 11.3 Å². The van der Waals surface area contributed by atoms with E-state index in [-0.39, 0.29) is 16.6 Å². The van der Waals surface area contributed by atoms with Crippen LogP contribution < -0.4 is 11.3 Å². The molecule has 0 saturated heterocycles. The average Bonchev–Trinajstić information content (AvgIpc) is 2.96. The van der Waals surface area contributed by atoms with Gasteiger partial charge < -0.3 is 20.6 Å². The lowest BCUT2D eigenvalue weighted by molar-refractivity contribution is 0.402. The minimum Gasteiger partial charge on any atom is -0.397 e. The van der Waals surface area contributed by atoms with Crippen LogP contribution in [0.25, 0.3) is 33.3 Å². The van der Waals surface area contributed by atoms with E-state index in [1.807, 2.05) is 32.3 Å². The molecule has 2 aromatic heterocycles. The number of nitrogens with two attached hydrogens (primary N) is 1. The van der Waals surface area contributed by atoms with E-state index in [1.165, 1.54) is 12.1 Å². The lowest BCUT2D eigenvalue weighted by Gasteiger charge is -2.08. The Bertz CT molecular complexity index is 1190. The molecule has 7 heteroatoms. The fourth-order valence-electron chi connectivity index (χ4n) is 3.21. The summed E-state index contributed by atoms with van der Waals surface area (Å²) in [5.74, 6) is -0.159. The monoisotopic (exact) mass is 351 g/mol. The van der Waals surface area contributed by atoms with Gasteiger partial charge in [-0.15, -0.1) is 0 Å². The summed E-state index contributed by atoms with van der Waals surface area (Å²) in [6.07, 6.45) is 0. The van der Waals surface area contributed by atoms with Gasteiger partial charge in [0.15, 0.2) is 0 Å². The molecule has 0 unspecified atom stereocenters. The van der Waals surface area contributed by atoms with Crippen molar-refractivity contribution in [2.75, 3.05) is 19.8 Å². The number of rotatable bonds is 3. The number of nitrogen functional groups attached to an aromatic ring is 1. The largest absolute Gasteiger partial charge is 0.397 e. The lowest BCUT2D eigenvalue weighted by Crippen LogP contribution is -2.13. The predicted molar refractivity (Wildman–Crippen MR) is 101 cm³/mol. The second-order valence-corrected chi connectivity index (χ2v) is 6.58. The number of anilines is 1. The minimum absolute atomic E-state index is 0.0782. The van der Waals surface area contributed by atoms with Crippen LogP contribution in [-0.4, -0.2) is 33.9 Å². The van der Waals surface area contributed by atoms with Crippen molar-refractivity contribution in [1.82, 2.24) is 19.9 Å². The van der Waals surface area contributed by atoms with Crippen molar-refractivity contribution in [3.8, 4) is 11.4 Å². The molecule has 0 atom stereocenters. The number of nitrogens with zero attached hydrogens (tertiary/aromatic N) is 2. The third kappa shape index (κ3) is 2.62. The molecule has 2 aromatic carbocycles. The summed E-state index contributed by atoms with van der Waals surface area (Å²) in [6, 6.07) is 10.3. The van der Waals surface area contributed by atoms with Crippen molar-refractivity contribution in [2.24, 2.45) is 0 Å². The molecule has 0 amide bonds. The Hall–Kier alpha value is -3.19. The SMILES string of the molecule is CN(C)Cc1ccc2nc(-c3c(N)c4c(F)cccc4[nH]c3=O)[nH]c2c1. The fourth-order valence-corrected chi connectivity index (χ4v) is 3.21. The van der Waals surface area contributed by atoms with Crippen LogP contribution in [0.15, 0.2) is 41.2 Å². The molecular formula is C19H18FN5O. The molecule has 0 saturated carbocycles. The molecule has 0 aliphatic carbocycles. The van der Waals surface area contributed by atoms with E-state index < -0.39 is 11.4 Å². The van der Waals surface area contributed by atoms with Gasteiger partial charge in [-0.3, -0.25) is 4.79 Å². The third-order valence-corrected chi connectivity index (χ3v) is 4.31. The first kappa shape index (κ1) is 16.3. The van der Waals surface area contributed by atoms with Gasteiger partial charge in [-0.1, -0.05) is 12.1 Å². The van der Waals surface area contributed by atoms with Crippen LogP contribution in [-0.2, 0) is 6.54 Å². The Balaban J connectivity index is 1.92. The number of aromatic nitrogens is 3. The quantitative estimate of drug-likeness (QED) is 0.529. The normalized spacial score (nSPS) is 11.7. The van der Waals surface area contributed by atoms with Gasteiger partial charge in [0.1, 0.15) is 17.2 Å². The van der Waals surface area contributed by atoms with Gasteiger partial charge >= 0.3 is 0 Å². The summed E-state index contributed by atoms with van der Waals surface area (Å²) in [5.41, 5.74) is 8.95. The van der Waals surface area contributed by atoms with E-state index in [9.17, 15) is 9.18 Å². The highest BCUT2D eigenvalue weighted by molar-refractivity contribution is 5.98. The second-order valence-electron chi connectivity index (χ2n) is 6.58. The van der Waals surface area contributed by atoms with Crippen LogP contribution >= 0.6 is 0 Å². The van der Waals surface area contributed by atoms with Gasteiger partial charge in [0.2, 0.25) is 0 Å². The molecule has 132 valence electrons. The molecule has 0 radical (unpaired) electrons. The van der Waals surface area contributed by atoms with Crippen LogP contribution in [0.1, 0.15) is 5.56 Å². The number of nitrogens with one attached hydrogen (secondary N) is 2. The molecule has 2 heterocycles. The van der Waals surface area contributed by atoms with E-state index in [2.05, 4.69) is 19.9 Å². The maximum atomic E-state index is 14.2. The maximum Gasteiger partial charge on any atom is 0.261 e. The number of benzene rings is 2. The first-order valence-corrected chi connectivity index (χ1v) is 8.18. The van der Waals surface area contributed by atoms with Crippen LogP contribution in [0.5, 0.6) is 0 Å². The highest BCUT2D eigenvalue weighted by Gasteiger charge is 2.18. The summed E-state index contributed by atoms with van der Waals surface area (Å²) in [4.78, 5) is 24.9. The van der Waals surface area contributed by atoms with Gasteiger partial charge in [-0.25, -0.2) is 9.37 Å². The Morgan fingerprint density at radius 1 is 1.15 bits per heavy atom. The number of pyridine rings is 1. The zero-order chi connectivity index (χ0) is 18.4. The van der Waals surface area contributed by atoms with Crippen molar-refractivity contribution in [2.45, 2.75) is 6.54 Å². The number of aromatic amines is 2. The summed E-state index contributed by atoms with van der Waals surface area (Å²) in [6.45, 7) is 0.786. The Kier molecular flexibility index (Phi) is 3.73. The standard InChI is InChI=1S/C19H18FN5O/c1-25(2)9-10-6-7-12-14(8-10)23-18(22-12)16-17(21)15-11(20)4-3-5-13(15)24-19(16)26/h3-8H,9H2,1-2H3,(H,22,23)(H3,21,24,26). The molecule has 0 aliphatic rings. The van der Waals surface area contributed by atoms with Crippen molar-refractivity contribution < 1.29 is 4.39 Å². The molecule has 4 N–H and O–H groups in total. The van der Waals surface area contributed by atoms with E-state index >= 15 is 0 Å². The highest BCUT2D eigenvalue weighted by Crippen LogP contribution is 2.29. The highest BCUT2D eigenvalue weighted by atomic mass is 19.1. The number of fused-ring (bicyclic) bond motifs is 2. The van der Waals surface area contributed by atoms with Crippen molar-refractivity contribution in [3.63, 3.8) is 0 Å². The molecule has 0 aliphatic heterocycles. The fraction of sp³-hybridized carbons (Fsp3) is 0.158. The molecule has 4 rings (SSSR count). The number of hydrogen-bond donors (Lipinski definition) is 3. The Morgan fingerprint density at radius 3 is 2.73 bits per heavy atom. The van der Waals surface area contributed by atoms with Gasteiger partial charge in [0, 0.05) is 6.54 Å². The zero-order valence-electron chi connectivity index (χ0n) is 14.4. The van der Waals surface area contributed by atoms with Crippen LogP contribution in [0.4, 0.5) is 10.1 Å². The summed E-state index contributed by atoms with van der Waals surface area (Å²) < 4.78 is 14.2. The van der Waals surface area contributed by atoms with Gasteiger partial charge in [-0.05, 0) is 43.9 Å². The predicted octanol–water partition coefficient (Wildman–Crippen LogP) is 2.85. The number of H-pyrrole nitrogens is 2. The zero-order valence-corrected chi connectivity index (χ0v) is 14.4. The van der Waals surface area contributed by atoms with E-state index in [1.54, 1.807) is 6.07 Å². The summed E-state index contributed by atoms with van der Waals surface area (Å²) in [7, 11) is 3.99. The van der Waals surface area contributed by atoms with Crippen LogP contribution in [0.3, 0.4) is 0 Å². The Labute approximate surface area is 148 Å². The average molecular weight is 351 g/mol. The smallest absolute Gasteiger partial charge is 0.261 e. The van der Waals surface area contributed by atoms with Gasteiger partial charge in [-0.2, -0.15) is 0 Å². The van der Waals surface area contributed by atoms with Crippen molar-refractivity contribution >= 4 is 27.6 Å². The topological polar surface area (TPSA) is 90.8 Å².